The van der Waals surface area contributed by atoms with E-state index in [1.54, 1.807) is 0 Å². The molecule has 0 heterocycles. The van der Waals surface area contributed by atoms with Crippen LogP contribution in [0.4, 0.5) is 0 Å². The summed E-state index contributed by atoms with van der Waals surface area (Å²) >= 11 is 0. The highest BCUT2D eigenvalue weighted by Gasteiger charge is 1.89. The summed E-state index contributed by atoms with van der Waals surface area (Å²) in [6.45, 7) is -0.531. The number of carbonyl (C=O) groups excluding carboxylic acids is 1. The number of methoxy groups -OCH3 is 1. The van der Waals surface area contributed by atoms with Crippen LogP contribution in [0.3, 0.4) is 0 Å². The van der Waals surface area contributed by atoms with Crippen molar-refractivity contribution in [3.05, 3.63) is 0 Å². The minimum Gasteiger partial charge on any atom is -0.467 e. The lowest BCUT2D eigenvalue weighted by atomic mass is 10.8. The third-order valence-electron chi connectivity index (χ3n) is 0.357. The molecule has 0 aliphatic carbocycles. The Bertz CT molecular complexity index is 48.1. The predicted octanol–water partition coefficient (Wildman–Crippen LogP) is -0.427. The first-order valence-corrected chi connectivity index (χ1v) is 1.49. The van der Waals surface area contributed by atoms with Crippen LogP contribution in [0.5, 0.6) is 0 Å². The van der Waals surface area contributed by atoms with E-state index in [0.29, 0.717) is 0 Å². The summed E-state index contributed by atoms with van der Waals surface area (Å²) in [5.74, 6) is -0.602. The van der Waals surface area contributed by atoms with Gasteiger partial charge in [-0.05, 0) is 0 Å². The third-order valence-corrected chi connectivity index (χ3v) is 0.357. The molecule has 4 heteroatoms. The van der Waals surface area contributed by atoms with E-state index < -0.39 is 12.6 Å². The maximum absolute atomic E-state index is 9.71. The van der Waals surface area contributed by atoms with Gasteiger partial charge >= 0.3 is 5.97 Å². The molecule has 0 aliphatic heterocycles. The molecule has 1 N–H and O–H groups in total. The average Bonchev–Trinajstić information content (AvgIpc) is 1.65. The Morgan fingerprint density at radius 1 is 1.86 bits per heavy atom. The maximum atomic E-state index is 9.71. The van der Waals surface area contributed by atoms with E-state index >= 15 is 0 Å². The van der Waals surface area contributed by atoms with Crippen LogP contribution < -0.4 is 0 Å². The van der Waals surface area contributed by atoms with Gasteiger partial charge in [0, 0.05) is 0 Å². The quantitative estimate of drug-likeness (QED) is 0.485. The van der Waals surface area contributed by atoms with Crippen molar-refractivity contribution in [2.75, 3.05) is 13.7 Å². The zero-order valence-corrected chi connectivity index (χ0v) is 4.70. The van der Waals surface area contributed by atoms with Gasteiger partial charge in [0.2, 0.25) is 0 Å². The van der Waals surface area contributed by atoms with Crippen LogP contribution in [0.2, 0.25) is 0 Å². The van der Waals surface area contributed by atoms with Gasteiger partial charge in [-0.1, -0.05) is 0 Å². The fraction of sp³-hybridized carbons (Fsp3) is 0.667. The molecule has 0 aliphatic rings. The van der Waals surface area contributed by atoms with E-state index in [2.05, 4.69) is 4.74 Å². The zero-order chi connectivity index (χ0) is 4.99. The Balaban J connectivity index is 0. The Hall–Kier alpha value is -0.280. The van der Waals surface area contributed by atoms with Crippen molar-refractivity contribution in [2.45, 2.75) is 0 Å². The maximum Gasteiger partial charge on any atom is 0.331 e. The zero-order valence-electron chi connectivity index (χ0n) is 3.88. The molecule has 0 saturated carbocycles. The molecule has 0 aromatic rings. The van der Waals surface area contributed by atoms with Crippen molar-refractivity contribution in [1.29, 1.82) is 0 Å². The van der Waals surface area contributed by atoms with Crippen molar-refractivity contribution in [3.8, 4) is 0 Å². The molecule has 0 aromatic heterocycles. The molecule has 0 saturated heterocycles. The van der Waals surface area contributed by atoms with Gasteiger partial charge in [0.05, 0.1) is 7.11 Å². The number of halogens is 1. The summed E-state index contributed by atoms with van der Waals surface area (Å²) < 4.78 is 4.01. The minimum absolute atomic E-state index is 0. The molecule has 0 spiro atoms. The molecule has 0 radical (unpaired) electrons. The van der Waals surface area contributed by atoms with Gasteiger partial charge < -0.3 is 9.84 Å². The van der Waals surface area contributed by atoms with E-state index in [1.807, 2.05) is 0 Å². The minimum atomic E-state index is -0.602. The predicted molar refractivity (Wildman–Crippen MR) is 26.3 cm³/mol. The van der Waals surface area contributed by atoms with Crippen molar-refractivity contribution in [1.82, 2.24) is 0 Å². The summed E-state index contributed by atoms with van der Waals surface area (Å²) in [6.07, 6.45) is 0. The van der Waals surface area contributed by atoms with Gasteiger partial charge in [0.1, 0.15) is 6.61 Å². The van der Waals surface area contributed by atoms with E-state index in [1.165, 1.54) is 7.11 Å². The number of aliphatic hydroxyl groups is 1. The van der Waals surface area contributed by atoms with E-state index in [-0.39, 0.29) is 12.4 Å². The van der Waals surface area contributed by atoms with Crippen LogP contribution in [0, 0.1) is 0 Å². The second-order valence-electron chi connectivity index (χ2n) is 0.734. The van der Waals surface area contributed by atoms with Crippen molar-refractivity contribution >= 4 is 18.4 Å². The second-order valence-corrected chi connectivity index (χ2v) is 0.734. The summed E-state index contributed by atoms with van der Waals surface area (Å²) in [7, 11) is 1.22. The SMILES string of the molecule is COC(=O)CO.Cl. The summed E-state index contributed by atoms with van der Waals surface area (Å²) in [5, 5.41) is 7.86. The largest absolute Gasteiger partial charge is 0.467 e. The number of hydrogen-bond acceptors (Lipinski definition) is 3. The fourth-order valence-electron chi connectivity index (χ4n) is 0.0645. The lowest BCUT2D eigenvalue weighted by Gasteiger charge is -1.86. The first-order valence-electron chi connectivity index (χ1n) is 1.49. The van der Waals surface area contributed by atoms with Crippen LogP contribution in [-0.4, -0.2) is 24.8 Å². The monoisotopic (exact) mass is 126 g/mol. The smallest absolute Gasteiger partial charge is 0.331 e. The molecule has 7 heavy (non-hydrogen) atoms. The standard InChI is InChI=1S/C3H6O3.ClH/c1-6-3(5)2-4;/h4H,2H2,1H3;1H. The molecular weight excluding hydrogens is 119 g/mol. The highest BCUT2D eigenvalue weighted by atomic mass is 35.5. The number of carbonyl (C=O) groups is 1. The van der Waals surface area contributed by atoms with Crippen LogP contribution in [0.25, 0.3) is 0 Å². The van der Waals surface area contributed by atoms with Gasteiger partial charge in [0.25, 0.3) is 0 Å². The Labute approximate surface area is 47.7 Å². The van der Waals surface area contributed by atoms with Gasteiger partial charge in [-0.3, -0.25) is 0 Å². The molecule has 0 atom stereocenters. The number of aliphatic hydroxyl groups excluding tert-OH is 1. The molecular formula is C3H7ClO3. The van der Waals surface area contributed by atoms with Crippen molar-refractivity contribution in [3.63, 3.8) is 0 Å². The molecule has 44 valence electrons. The Kier molecular flexibility index (Phi) is 8.06. The molecule has 0 fully saturated rings. The van der Waals surface area contributed by atoms with E-state index in [9.17, 15) is 4.79 Å². The van der Waals surface area contributed by atoms with Gasteiger partial charge in [-0.2, -0.15) is 0 Å². The second kappa shape index (κ2) is 5.72. The molecule has 3 nitrogen and oxygen atoms in total. The van der Waals surface area contributed by atoms with E-state index in [0.717, 1.165) is 0 Å². The van der Waals surface area contributed by atoms with Gasteiger partial charge in [-0.15, -0.1) is 12.4 Å². The van der Waals surface area contributed by atoms with Crippen LogP contribution in [-0.2, 0) is 9.53 Å². The summed E-state index contributed by atoms with van der Waals surface area (Å²) in [4.78, 5) is 9.71. The lowest BCUT2D eigenvalue weighted by molar-refractivity contribution is -0.143. The normalized spacial score (nSPS) is 6.57. The Morgan fingerprint density at radius 2 is 2.29 bits per heavy atom. The number of hydrogen-bond donors (Lipinski definition) is 1. The lowest BCUT2D eigenvalue weighted by Crippen LogP contribution is -2.04. The first kappa shape index (κ1) is 9.87. The number of rotatable bonds is 1. The fourth-order valence-corrected chi connectivity index (χ4v) is 0.0645. The van der Waals surface area contributed by atoms with Crippen LogP contribution >= 0.6 is 12.4 Å². The molecule has 0 rings (SSSR count). The Morgan fingerprint density at radius 3 is 2.29 bits per heavy atom. The first-order chi connectivity index (χ1) is 2.81. The van der Waals surface area contributed by atoms with Crippen molar-refractivity contribution < 1.29 is 14.6 Å². The molecule has 0 aromatic carbocycles. The van der Waals surface area contributed by atoms with Gasteiger partial charge in [-0.25, -0.2) is 4.79 Å². The highest BCUT2D eigenvalue weighted by molar-refractivity contribution is 5.85. The average molecular weight is 127 g/mol. The van der Waals surface area contributed by atoms with Crippen LogP contribution in [0.1, 0.15) is 0 Å². The summed E-state index contributed by atoms with van der Waals surface area (Å²) in [5.41, 5.74) is 0. The number of esters is 1. The topological polar surface area (TPSA) is 46.5 Å². The van der Waals surface area contributed by atoms with Gasteiger partial charge in [0.15, 0.2) is 0 Å². The third kappa shape index (κ3) is 5.72. The molecule has 0 unspecified atom stereocenters. The van der Waals surface area contributed by atoms with E-state index in [4.69, 9.17) is 5.11 Å². The summed E-state index contributed by atoms with van der Waals surface area (Å²) in [6, 6.07) is 0. The molecule has 0 amide bonds. The van der Waals surface area contributed by atoms with Crippen LogP contribution in [0.15, 0.2) is 0 Å². The van der Waals surface area contributed by atoms with Crippen molar-refractivity contribution in [2.24, 2.45) is 0 Å². The number of ether oxygens (including phenoxy) is 1. The highest BCUT2D eigenvalue weighted by Crippen LogP contribution is 1.63. The molecule has 0 bridgehead atoms.